The summed E-state index contributed by atoms with van der Waals surface area (Å²) < 4.78 is 0. The molecule has 0 aliphatic heterocycles. The van der Waals surface area contributed by atoms with Gasteiger partial charge in [0.2, 0.25) is 5.91 Å². The smallest absolute Gasteiger partial charge is 0.236 e. The van der Waals surface area contributed by atoms with E-state index in [1.54, 1.807) is 4.90 Å². The molecule has 106 valence electrons. The third kappa shape index (κ3) is 5.09. The van der Waals surface area contributed by atoms with Crippen molar-refractivity contribution >= 4 is 23.2 Å². The number of rotatable bonds is 5. The quantitative estimate of drug-likeness (QED) is 0.870. The zero-order chi connectivity index (χ0) is 14.6. The SMILES string of the molecule is CN(CC(N)=O)c1c(Cl)cccc1CNC(C)(C)C. The number of likely N-dealkylation sites (N-methyl/N-ethyl adjacent to an activating group) is 1. The summed E-state index contributed by atoms with van der Waals surface area (Å²) in [7, 11) is 1.81. The first-order valence-electron chi connectivity index (χ1n) is 6.22. The molecule has 1 amide bonds. The van der Waals surface area contributed by atoms with Crippen molar-refractivity contribution in [2.24, 2.45) is 5.73 Å². The Balaban J connectivity index is 2.98. The zero-order valence-electron chi connectivity index (χ0n) is 12.0. The van der Waals surface area contributed by atoms with E-state index < -0.39 is 0 Å². The van der Waals surface area contributed by atoms with Gasteiger partial charge in [-0.1, -0.05) is 23.7 Å². The molecular weight excluding hydrogens is 262 g/mol. The monoisotopic (exact) mass is 283 g/mol. The van der Waals surface area contributed by atoms with Gasteiger partial charge in [-0.3, -0.25) is 4.79 Å². The van der Waals surface area contributed by atoms with Crippen molar-refractivity contribution in [3.05, 3.63) is 28.8 Å². The molecule has 0 unspecified atom stereocenters. The maximum atomic E-state index is 11.0. The van der Waals surface area contributed by atoms with Crippen molar-refractivity contribution < 1.29 is 4.79 Å². The van der Waals surface area contributed by atoms with E-state index in [-0.39, 0.29) is 18.0 Å². The van der Waals surface area contributed by atoms with Crippen molar-refractivity contribution in [1.29, 1.82) is 0 Å². The highest BCUT2D eigenvalue weighted by molar-refractivity contribution is 6.33. The number of nitrogens with zero attached hydrogens (tertiary/aromatic N) is 1. The molecule has 0 saturated carbocycles. The Bertz CT molecular complexity index is 454. The molecule has 0 saturated heterocycles. The van der Waals surface area contributed by atoms with E-state index >= 15 is 0 Å². The first-order valence-corrected chi connectivity index (χ1v) is 6.60. The lowest BCUT2D eigenvalue weighted by Crippen LogP contribution is -2.36. The summed E-state index contributed by atoms with van der Waals surface area (Å²) in [6.07, 6.45) is 0. The number of para-hydroxylation sites is 1. The predicted octanol–water partition coefficient (Wildman–Crippen LogP) is 2.15. The summed E-state index contributed by atoms with van der Waals surface area (Å²) in [6.45, 7) is 7.13. The average molecular weight is 284 g/mol. The van der Waals surface area contributed by atoms with Gasteiger partial charge in [-0.2, -0.15) is 0 Å². The Labute approximate surface area is 119 Å². The van der Waals surface area contributed by atoms with Crippen LogP contribution in [0.3, 0.4) is 0 Å². The molecule has 0 fully saturated rings. The van der Waals surface area contributed by atoms with Crippen LogP contribution in [0.5, 0.6) is 0 Å². The summed E-state index contributed by atoms with van der Waals surface area (Å²) in [4.78, 5) is 12.8. The molecule has 0 heterocycles. The van der Waals surface area contributed by atoms with Gasteiger partial charge in [0.1, 0.15) is 0 Å². The second kappa shape index (κ2) is 6.26. The number of anilines is 1. The largest absolute Gasteiger partial charge is 0.368 e. The molecular formula is C14H22ClN3O. The summed E-state index contributed by atoms with van der Waals surface area (Å²) in [5, 5.41) is 4.03. The minimum absolute atomic E-state index is 0.0157. The molecule has 1 aromatic rings. The molecule has 0 atom stereocenters. The summed E-state index contributed by atoms with van der Waals surface area (Å²) in [6, 6.07) is 5.72. The standard InChI is InChI=1S/C14H22ClN3O/c1-14(2,3)17-8-10-6-5-7-11(15)13(10)18(4)9-12(16)19/h5-7,17H,8-9H2,1-4H3,(H2,16,19). The molecule has 5 heteroatoms. The van der Waals surface area contributed by atoms with Gasteiger partial charge in [-0.05, 0) is 32.4 Å². The number of amides is 1. The van der Waals surface area contributed by atoms with Gasteiger partial charge in [-0.25, -0.2) is 0 Å². The lowest BCUT2D eigenvalue weighted by molar-refractivity contribution is -0.116. The second-order valence-corrected chi connectivity index (χ2v) is 6.08. The number of nitrogens with one attached hydrogen (secondary N) is 1. The molecule has 0 spiro atoms. The Kier molecular flexibility index (Phi) is 5.20. The van der Waals surface area contributed by atoms with Gasteiger partial charge in [0, 0.05) is 19.1 Å². The van der Waals surface area contributed by atoms with E-state index in [0.29, 0.717) is 11.6 Å². The minimum atomic E-state index is -0.378. The van der Waals surface area contributed by atoms with Crippen LogP contribution in [0, 0.1) is 0 Å². The lowest BCUT2D eigenvalue weighted by Gasteiger charge is -2.25. The maximum absolute atomic E-state index is 11.0. The van der Waals surface area contributed by atoms with Crippen LogP contribution in [-0.4, -0.2) is 25.0 Å². The van der Waals surface area contributed by atoms with Crippen LogP contribution < -0.4 is 16.0 Å². The minimum Gasteiger partial charge on any atom is -0.368 e. The highest BCUT2D eigenvalue weighted by atomic mass is 35.5. The van der Waals surface area contributed by atoms with Gasteiger partial charge in [0.05, 0.1) is 17.3 Å². The molecule has 1 aromatic carbocycles. The van der Waals surface area contributed by atoms with Gasteiger partial charge in [-0.15, -0.1) is 0 Å². The van der Waals surface area contributed by atoms with Crippen molar-refractivity contribution in [3.8, 4) is 0 Å². The van der Waals surface area contributed by atoms with Crippen LogP contribution in [-0.2, 0) is 11.3 Å². The number of halogens is 1. The lowest BCUT2D eigenvalue weighted by atomic mass is 10.1. The second-order valence-electron chi connectivity index (χ2n) is 5.67. The molecule has 1 rings (SSSR count). The fraction of sp³-hybridized carbons (Fsp3) is 0.500. The molecule has 0 aromatic heterocycles. The first-order chi connectivity index (χ1) is 8.70. The van der Waals surface area contributed by atoms with Crippen LogP contribution in [0.25, 0.3) is 0 Å². The highest BCUT2D eigenvalue weighted by Crippen LogP contribution is 2.29. The van der Waals surface area contributed by atoms with Crippen LogP contribution in [0.2, 0.25) is 5.02 Å². The van der Waals surface area contributed by atoms with Gasteiger partial charge < -0.3 is 16.0 Å². The summed E-state index contributed by atoms with van der Waals surface area (Å²) in [5.74, 6) is -0.378. The molecule has 3 N–H and O–H groups in total. The topological polar surface area (TPSA) is 58.4 Å². The predicted molar refractivity (Wildman–Crippen MR) is 80.5 cm³/mol. The summed E-state index contributed by atoms with van der Waals surface area (Å²) in [5.41, 5.74) is 7.14. The van der Waals surface area contributed by atoms with Crippen molar-refractivity contribution in [3.63, 3.8) is 0 Å². The zero-order valence-corrected chi connectivity index (χ0v) is 12.7. The molecule has 4 nitrogen and oxygen atoms in total. The molecule has 0 bridgehead atoms. The fourth-order valence-corrected chi connectivity index (χ4v) is 2.14. The normalized spacial score (nSPS) is 11.4. The number of primary amides is 1. The van der Waals surface area contributed by atoms with E-state index in [0.717, 1.165) is 11.3 Å². The molecule has 0 aliphatic carbocycles. The third-order valence-electron chi connectivity index (χ3n) is 2.65. The van der Waals surface area contributed by atoms with E-state index in [9.17, 15) is 4.79 Å². The Morgan fingerprint density at radius 1 is 1.42 bits per heavy atom. The summed E-state index contributed by atoms with van der Waals surface area (Å²) >= 11 is 6.24. The number of nitrogens with two attached hydrogens (primary N) is 1. The molecule has 19 heavy (non-hydrogen) atoms. The van der Waals surface area contributed by atoms with Gasteiger partial charge in [0.25, 0.3) is 0 Å². The Morgan fingerprint density at radius 2 is 2.05 bits per heavy atom. The number of carbonyl (C=O) groups excluding carboxylic acids is 1. The van der Waals surface area contributed by atoms with E-state index in [1.807, 2.05) is 25.2 Å². The number of carbonyl (C=O) groups is 1. The Hall–Kier alpha value is -1.26. The average Bonchev–Trinajstić information content (AvgIpc) is 2.24. The van der Waals surface area contributed by atoms with Gasteiger partial charge >= 0.3 is 0 Å². The van der Waals surface area contributed by atoms with E-state index in [1.165, 1.54) is 0 Å². The maximum Gasteiger partial charge on any atom is 0.236 e. The van der Waals surface area contributed by atoms with Crippen molar-refractivity contribution in [1.82, 2.24) is 5.32 Å². The molecule has 0 radical (unpaired) electrons. The van der Waals surface area contributed by atoms with Gasteiger partial charge in [0.15, 0.2) is 0 Å². The first kappa shape index (κ1) is 15.8. The number of hydrogen-bond donors (Lipinski definition) is 2. The van der Waals surface area contributed by atoms with Crippen LogP contribution in [0.15, 0.2) is 18.2 Å². The molecule has 0 aliphatic rings. The number of benzene rings is 1. The third-order valence-corrected chi connectivity index (χ3v) is 2.96. The van der Waals surface area contributed by atoms with Crippen LogP contribution in [0.4, 0.5) is 5.69 Å². The number of hydrogen-bond acceptors (Lipinski definition) is 3. The van der Waals surface area contributed by atoms with Crippen molar-refractivity contribution in [2.45, 2.75) is 32.9 Å². The highest BCUT2D eigenvalue weighted by Gasteiger charge is 2.15. The van der Waals surface area contributed by atoms with Crippen molar-refractivity contribution in [2.75, 3.05) is 18.5 Å². The van der Waals surface area contributed by atoms with E-state index in [4.69, 9.17) is 17.3 Å². The fourth-order valence-electron chi connectivity index (χ4n) is 1.80. The van der Waals surface area contributed by atoms with E-state index in [2.05, 4.69) is 26.1 Å². The Morgan fingerprint density at radius 3 is 2.58 bits per heavy atom. The van der Waals surface area contributed by atoms with Crippen LogP contribution >= 0.6 is 11.6 Å². The van der Waals surface area contributed by atoms with Crippen LogP contribution in [0.1, 0.15) is 26.3 Å².